The maximum atomic E-state index is 13.1. The van der Waals surface area contributed by atoms with Crippen molar-refractivity contribution in [3.8, 4) is 11.5 Å². The Bertz CT molecular complexity index is 852. The van der Waals surface area contributed by atoms with E-state index >= 15 is 0 Å². The molecule has 1 amide bonds. The van der Waals surface area contributed by atoms with Gasteiger partial charge in [-0.25, -0.2) is 0 Å². The molecule has 1 aliphatic rings. The van der Waals surface area contributed by atoms with Gasteiger partial charge in [0, 0.05) is 18.2 Å². The van der Waals surface area contributed by atoms with Crippen LogP contribution in [0, 0.1) is 10.1 Å². The Morgan fingerprint density at radius 3 is 2.81 bits per heavy atom. The van der Waals surface area contributed by atoms with Crippen LogP contribution < -0.4 is 9.47 Å². The van der Waals surface area contributed by atoms with Crippen LogP contribution in [0.3, 0.4) is 0 Å². The summed E-state index contributed by atoms with van der Waals surface area (Å²) in [6.07, 6.45) is 1.73. The minimum Gasteiger partial charge on any atom is -0.497 e. The minimum atomic E-state index is -0.523. The van der Waals surface area contributed by atoms with E-state index in [0.29, 0.717) is 18.7 Å². The van der Waals surface area contributed by atoms with Crippen LogP contribution in [-0.2, 0) is 0 Å². The van der Waals surface area contributed by atoms with Crippen LogP contribution in [0.4, 0.5) is 5.69 Å². The fraction of sp³-hybridized carbons (Fsp3) is 0.350. The van der Waals surface area contributed by atoms with E-state index in [9.17, 15) is 14.9 Å². The molecule has 1 aliphatic heterocycles. The molecule has 1 unspecified atom stereocenters. The lowest BCUT2D eigenvalue weighted by atomic mass is 10.0. The Hall–Kier alpha value is -3.09. The SMILES string of the molecule is CCOc1ccc(C(=O)N2CCCC2c2cccc(OC)c2)cc1[N+](=O)[O-]. The second-order valence-electron chi connectivity index (χ2n) is 6.31. The Kier molecular flexibility index (Phi) is 5.59. The molecule has 0 bridgehead atoms. The van der Waals surface area contributed by atoms with Crippen molar-refractivity contribution in [3.63, 3.8) is 0 Å². The van der Waals surface area contributed by atoms with Gasteiger partial charge in [0.15, 0.2) is 5.75 Å². The fourth-order valence-corrected chi connectivity index (χ4v) is 3.44. The number of nitrogens with zero attached hydrogens (tertiary/aromatic N) is 2. The Morgan fingerprint density at radius 1 is 1.30 bits per heavy atom. The first-order chi connectivity index (χ1) is 13.0. The molecule has 0 N–H and O–H groups in total. The van der Waals surface area contributed by atoms with E-state index in [1.54, 1.807) is 25.0 Å². The summed E-state index contributed by atoms with van der Waals surface area (Å²) in [6, 6.07) is 12.0. The molecule has 1 saturated heterocycles. The lowest BCUT2D eigenvalue weighted by Gasteiger charge is -2.25. The summed E-state index contributed by atoms with van der Waals surface area (Å²) >= 11 is 0. The predicted molar refractivity (Wildman–Crippen MR) is 100 cm³/mol. The van der Waals surface area contributed by atoms with Gasteiger partial charge in [-0.3, -0.25) is 14.9 Å². The normalized spacial score (nSPS) is 16.2. The molecule has 0 spiro atoms. The van der Waals surface area contributed by atoms with Crippen LogP contribution in [0.15, 0.2) is 42.5 Å². The van der Waals surface area contributed by atoms with Crippen molar-refractivity contribution < 1.29 is 19.2 Å². The lowest BCUT2D eigenvalue weighted by molar-refractivity contribution is -0.385. The number of rotatable bonds is 6. The molecule has 7 nitrogen and oxygen atoms in total. The van der Waals surface area contributed by atoms with Gasteiger partial charge in [-0.15, -0.1) is 0 Å². The number of carbonyl (C=O) groups is 1. The molecule has 7 heteroatoms. The molecule has 1 heterocycles. The molecular formula is C20H22N2O5. The zero-order valence-corrected chi connectivity index (χ0v) is 15.4. The van der Waals surface area contributed by atoms with Crippen molar-refractivity contribution in [2.75, 3.05) is 20.3 Å². The predicted octanol–water partition coefficient (Wildman–Crippen LogP) is 3.98. The van der Waals surface area contributed by atoms with Crippen molar-refractivity contribution >= 4 is 11.6 Å². The molecule has 1 atom stereocenters. The number of likely N-dealkylation sites (tertiary alicyclic amines) is 1. The summed E-state index contributed by atoms with van der Waals surface area (Å²) < 4.78 is 10.6. The second kappa shape index (κ2) is 8.07. The largest absolute Gasteiger partial charge is 0.497 e. The molecule has 0 aromatic heterocycles. The van der Waals surface area contributed by atoms with E-state index in [1.807, 2.05) is 24.3 Å². The Balaban J connectivity index is 1.90. The molecule has 0 aliphatic carbocycles. The zero-order chi connectivity index (χ0) is 19.4. The van der Waals surface area contributed by atoms with E-state index in [4.69, 9.17) is 9.47 Å². The molecule has 2 aromatic rings. The number of methoxy groups -OCH3 is 1. The summed E-state index contributed by atoms with van der Waals surface area (Å²) in [4.78, 5) is 25.6. The minimum absolute atomic E-state index is 0.0711. The van der Waals surface area contributed by atoms with Crippen molar-refractivity contribution in [1.82, 2.24) is 4.90 Å². The average Bonchev–Trinajstić information content (AvgIpc) is 3.17. The number of ether oxygens (including phenoxy) is 2. The summed E-state index contributed by atoms with van der Waals surface area (Å²) in [6.45, 7) is 2.69. The van der Waals surface area contributed by atoms with E-state index in [-0.39, 0.29) is 23.4 Å². The average molecular weight is 370 g/mol. The molecular weight excluding hydrogens is 348 g/mol. The number of amides is 1. The smallest absolute Gasteiger partial charge is 0.311 e. The molecule has 0 radical (unpaired) electrons. The van der Waals surface area contributed by atoms with Gasteiger partial charge in [0.25, 0.3) is 5.91 Å². The molecule has 3 rings (SSSR count). The number of nitro groups is 1. The van der Waals surface area contributed by atoms with Crippen LogP contribution in [0.1, 0.15) is 41.7 Å². The number of hydrogen-bond donors (Lipinski definition) is 0. The first kappa shape index (κ1) is 18.7. The summed E-state index contributed by atoms with van der Waals surface area (Å²) in [5.41, 5.74) is 1.10. The van der Waals surface area contributed by atoms with Gasteiger partial charge in [-0.1, -0.05) is 12.1 Å². The standard InChI is InChI=1S/C20H22N2O5/c1-3-27-19-10-9-15(13-18(19)22(24)25)20(23)21-11-5-8-17(21)14-6-4-7-16(12-14)26-2/h4,6-7,9-10,12-13,17H,3,5,8,11H2,1-2H3. The van der Waals surface area contributed by atoms with E-state index < -0.39 is 4.92 Å². The van der Waals surface area contributed by atoms with E-state index in [2.05, 4.69) is 0 Å². The van der Waals surface area contributed by atoms with Gasteiger partial charge >= 0.3 is 5.69 Å². The quantitative estimate of drug-likeness (QED) is 0.567. The van der Waals surface area contributed by atoms with Gasteiger partial charge in [-0.2, -0.15) is 0 Å². The second-order valence-corrected chi connectivity index (χ2v) is 6.31. The lowest BCUT2D eigenvalue weighted by Crippen LogP contribution is -2.30. The van der Waals surface area contributed by atoms with Crippen LogP contribution in [-0.4, -0.2) is 36.0 Å². The summed E-state index contributed by atoms with van der Waals surface area (Å²) in [5, 5.41) is 11.3. The van der Waals surface area contributed by atoms with Crippen LogP contribution in [0.2, 0.25) is 0 Å². The van der Waals surface area contributed by atoms with Crippen molar-refractivity contribution in [2.24, 2.45) is 0 Å². The number of hydrogen-bond acceptors (Lipinski definition) is 5. The number of carbonyl (C=O) groups excluding carboxylic acids is 1. The third-order valence-electron chi connectivity index (χ3n) is 4.69. The van der Waals surface area contributed by atoms with Gasteiger partial charge in [0.2, 0.25) is 0 Å². The molecule has 0 saturated carbocycles. The third kappa shape index (κ3) is 3.86. The Labute approximate surface area is 157 Å². The van der Waals surface area contributed by atoms with Gasteiger partial charge in [0.1, 0.15) is 5.75 Å². The highest BCUT2D eigenvalue weighted by molar-refractivity contribution is 5.95. The topological polar surface area (TPSA) is 81.9 Å². The molecule has 27 heavy (non-hydrogen) atoms. The van der Waals surface area contributed by atoms with E-state index in [0.717, 1.165) is 24.2 Å². The van der Waals surface area contributed by atoms with E-state index in [1.165, 1.54) is 12.1 Å². The van der Waals surface area contributed by atoms with Crippen LogP contribution >= 0.6 is 0 Å². The van der Waals surface area contributed by atoms with Crippen LogP contribution in [0.25, 0.3) is 0 Å². The highest BCUT2D eigenvalue weighted by Gasteiger charge is 2.32. The highest BCUT2D eigenvalue weighted by atomic mass is 16.6. The highest BCUT2D eigenvalue weighted by Crippen LogP contribution is 2.36. The number of nitro benzene ring substituents is 1. The fourth-order valence-electron chi connectivity index (χ4n) is 3.44. The molecule has 2 aromatic carbocycles. The van der Waals surface area contributed by atoms with Gasteiger partial charge < -0.3 is 14.4 Å². The van der Waals surface area contributed by atoms with Crippen LogP contribution in [0.5, 0.6) is 11.5 Å². The maximum Gasteiger partial charge on any atom is 0.311 e. The van der Waals surface area contributed by atoms with Gasteiger partial charge in [0.05, 0.1) is 24.7 Å². The van der Waals surface area contributed by atoms with Gasteiger partial charge in [-0.05, 0) is 49.6 Å². The molecule has 142 valence electrons. The van der Waals surface area contributed by atoms with Crippen molar-refractivity contribution in [3.05, 3.63) is 63.7 Å². The summed E-state index contributed by atoms with van der Waals surface area (Å²) in [7, 11) is 1.61. The third-order valence-corrected chi connectivity index (χ3v) is 4.69. The molecule has 1 fully saturated rings. The Morgan fingerprint density at radius 2 is 2.11 bits per heavy atom. The maximum absolute atomic E-state index is 13.1. The van der Waals surface area contributed by atoms with Crippen molar-refractivity contribution in [1.29, 1.82) is 0 Å². The van der Waals surface area contributed by atoms with Crippen molar-refractivity contribution in [2.45, 2.75) is 25.8 Å². The zero-order valence-electron chi connectivity index (χ0n) is 15.4. The monoisotopic (exact) mass is 370 g/mol. The first-order valence-electron chi connectivity index (χ1n) is 8.91. The first-order valence-corrected chi connectivity index (χ1v) is 8.91. The summed E-state index contributed by atoms with van der Waals surface area (Å²) in [5.74, 6) is 0.694. The number of benzene rings is 2.